The number of nitrogens with zero attached hydrogens (tertiary/aromatic N) is 2. The van der Waals surface area contributed by atoms with Crippen LogP contribution < -0.4 is 10.6 Å². The van der Waals surface area contributed by atoms with Crippen molar-refractivity contribution in [3.8, 4) is 0 Å². The summed E-state index contributed by atoms with van der Waals surface area (Å²) < 4.78 is 5.60. The van der Waals surface area contributed by atoms with E-state index in [1.807, 2.05) is 7.05 Å². The largest absolute Gasteiger partial charge is 0.382 e. The number of aliphatic imine (C=N–C) groups is 1. The lowest BCUT2D eigenvalue weighted by Gasteiger charge is -2.30. The van der Waals surface area contributed by atoms with E-state index in [1.165, 1.54) is 38.5 Å². The van der Waals surface area contributed by atoms with Crippen LogP contribution in [0.3, 0.4) is 0 Å². The Morgan fingerprint density at radius 1 is 1.19 bits per heavy atom. The molecule has 156 valence electrons. The van der Waals surface area contributed by atoms with Crippen LogP contribution in [0.4, 0.5) is 0 Å². The summed E-state index contributed by atoms with van der Waals surface area (Å²) in [5.74, 6) is 0.944. The first-order chi connectivity index (χ1) is 12.0. The van der Waals surface area contributed by atoms with Crippen LogP contribution >= 0.6 is 24.0 Å². The Kier molecular flexibility index (Phi) is 14.9. The van der Waals surface area contributed by atoms with E-state index in [0.29, 0.717) is 11.5 Å². The van der Waals surface area contributed by atoms with Gasteiger partial charge in [-0.3, -0.25) is 4.99 Å². The van der Waals surface area contributed by atoms with Crippen molar-refractivity contribution in [1.29, 1.82) is 0 Å². The average Bonchev–Trinajstić information content (AvgIpc) is 3.06. The normalized spacial score (nSPS) is 16.8. The van der Waals surface area contributed by atoms with Crippen LogP contribution in [0.2, 0.25) is 0 Å². The summed E-state index contributed by atoms with van der Waals surface area (Å²) in [6, 6.07) is 0.627. The van der Waals surface area contributed by atoms with E-state index >= 15 is 0 Å². The van der Waals surface area contributed by atoms with Gasteiger partial charge in [0.2, 0.25) is 0 Å². The molecule has 1 aliphatic rings. The van der Waals surface area contributed by atoms with E-state index in [-0.39, 0.29) is 24.0 Å². The minimum Gasteiger partial charge on any atom is -0.382 e. The van der Waals surface area contributed by atoms with Crippen molar-refractivity contribution in [1.82, 2.24) is 15.5 Å². The topological polar surface area (TPSA) is 48.9 Å². The van der Waals surface area contributed by atoms with Gasteiger partial charge in [-0.25, -0.2) is 0 Å². The number of guanidine groups is 1. The van der Waals surface area contributed by atoms with E-state index in [1.54, 1.807) is 0 Å². The number of halogens is 1. The van der Waals surface area contributed by atoms with Gasteiger partial charge < -0.3 is 20.3 Å². The Morgan fingerprint density at radius 3 is 2.46 bits per heavy atom. The number of hydrogen-bond acceptors (Lipinski definition) is 3. The highest BCUT2D eigenvalue weighted by Gasteiger charge is 2.33. The molecule has 5 nitrogen and oxygen atoms in total. The van der Waals surface area contributed by atoms with Gasteiger partial charge in [-0.15, -0.1) is 24.0 Å². The van der Waals surface area contributed by atoms with Gasteiger partial charge in [0.15, 0.2) is 5.96 Å². The Hall–Kier alpha value is -0.0800. The molecule has 0 unspecified atom stereocenters. The van der Waals surface area contributed by atoms with Crippen molar-refractivity contribution in [2.75, 3.05) is 46.9 Å². The lowest BCUT2D eigenvalue weighted by Crippen LogP contribution is -2.43. The van der Waals surface area contributed by atoms with Gasteiger partial charge >= 0.3 is 0 Å². The van der Waals surface area contributed by atoms with Crippen molar-refractivity contribution >= 4 is 29.9 Å². The van der Waals surface area contributed by atoms with Crippen molar-refractivity contribution in [2.45, 2.75) is 71.8 Å². The second-order valence-electron chi connectivity index (χ2n) is 7.79. The summed E-state index contributed by atoms with van der Waals surface area (Å²) >= 11 is 0. The molecule has 0 aliphatic heterocycles. The summed E-state index contributed by atoms with van der Waals surface area (Å²) in [4.78, 5) is 6.79. The first-order valence-corrected chi connectivity index (χ1v) is 10.3. The molecule has 0 aromatic heterocycles. The third-order valence-corrected chi connectivity index (χ3v) is 5.61. The number of ether oxygens (including phenoxy) is 1. The van der Waals surface area contributed by atoms with Crippen LogP contribution in [0.15, 0.2) is 4.99 Å². The van der Waals surface area contributed by atoms with E-state index in [4.69, 9.17) is 4.74 Å². The van der Waals surface area contributed by atoms with Crippen LogP contribution in [0.1, 0.15) is 65.7 Å². The molecule has 1 aliphatic carbocycles. The maximum atomic E-state index is 5.60. The molecule has 0 heterocycles. The maximum absolute atomic E-state index is 5.60. The minimum absolute atomic E-state index is 0. The second kappa shape index (κ2) is 14.9. The predicted octanol–water partition coefficient (Wildman–Crippen LogP) is 3.88. The quantitative estimate of drug-likeness (QED) is 0.192. The van der Waals surface area contributed by atoms with E-state index in [9.17, 15) is 0 Å². The predicted molar refractivity (Wildman–Crippen MR) is 124 cm³/mol. The van der Waals surface area contributed by atoms with E-state index in [0.717, 1.165) is 45.2 Å². The monoisotopic (exact) mass is 482 g/mol. The molecule has 6 heteroatoms. The van der Waals surface area contributed by atoms with E-state index in [2.05, 4.69) is 48.3 Å². The first-order valence-electron chi connectivity index (χ1n) is 10.3. The zero-order valence-electron chi connectivity index (χ0n) is 17.8. The highest BCUT2D eigenvalue weighted by molar-refractivity contribution is 14.0. The lowest BCUT2D eigenvalue weighted by atomic mass is 9.83. The summed E-state index contributed by atoms with van der Waals surface area (Å²) in [7, 11) is 4.06. The summed E-state index contributed by atoms with van der Waals surface area (Å²) in [5.41, 5.74) is 0.396. The van der Waals surface area contributed by atoms with Gasteiger partial charge in [0, 0.05) is 39.4 Å². The first kappa shape index (κ1) is 25.9. The molecule has 0 radical (unpaired) electrons. The number of unbranched alkanes of at least 4 members (excludes halogenated alkanes) is 1. The third kappa shape index (κ3) is 10.3. The van der Waals surface area contributed by atoms with Crippen LogP contribution in [0.25, 0.3) is 0 Å². The Bertz CT molecular complexity index is 371. The Labute approximate surface area is 179 Å². The summed E-state index contributed by atoms with van der Waals surface area (Å²) in [6.45, 7) is 11.4. The second-order valence-corrected chi connectivity index (χ2v) is 7.79. The SMILES string of the molecule is CCOCCC1(CNC(=NC)NCCCCN(C)C(C)C)CCCC1.I. The molecule has 1 fully saturated rings. The molecule has 0 aromatic carbocycles. The fourth-order valence-corrected chi connectivity index (χ4v) is 3.52. The molecule has 0 bridgehead atoms. The molecule has 0 atom stereocenters. The highest BCUT2D eigenvalue weighted by Crippen LogP contribution is 2.40. The van der Waals surface area contributed by atoms with Gasteiger partial charge in [0.25, 0.3) is 0 Å². The standard InChI is InChI=1S/C20H42N4O.HI/c1-6-25-16-13-20(11-7-8-12-20)17-23-19(21-4)22-14-9-10-15-24(5)18(2)3;/h18H,6-17H2,1-5H3,(H2,21,22,23);1H. The fourth-order valence-electron chi connectivity index (χ4n) is 3.52. The molecule has 0 saturated heterocycles. The van der Waals surface area contributed by atoms with Crippen molar-refractivity contribution < 1.29 is 4.74 Å². The number of nitrogens with one attached hydrogen (secondary N) is 2. The van der Waals surface area contributed by atoms with Crippen LogP contribution in [0, 0.1) is 5.41 Å². The summed E-state index contributed by atoms with van der Waals surface area (Å²) in [6.07, 6.45) is 8.88. The number of rotatable bonds is 12. The minimum atomic E-state index is 0. The molecule has 0 aromatic rings. The van der Waals surface area contributed by atoms with Crippen LogP contribution in [0.5, 0.6) is 0 Å². The fraction of sp³-hybridized carbons (Fsp3) is 0.950. The molecular formula is C20H43IN4O. The van der Waals surface area contributed by atoms with Gasteiger partial charge in [-0.05, 0) is 71.9 Å². The highest BCUT2D eigenvalue weighted by atomic mass is 127. The molecule has 1 saturated carbocycles. The maximum Gasteiger partial charge on any atom is 0.190 e. The van der Waals surface area contributed by atoms with Gasteiger partial charge in [-0.1, -0.05) is 12.8 Å². The van der Waals surface area contributed by atoms with E-state index < -0.39 is 0 Å². The third-order valence-electron chi connectivity index (χ3n) is 5.61. The van der Waals surface area contributed by atoms with Crippen molar-refractivity contribution in [3.63, 3.8) is 0 Å². The van der Waals surface area contributed by atoms with Gasteiger partial charge in [0.05, 0.1) is 0 Å². The smallest absolute Gasteiger partial charge is 0.190 e. The number of hydrogen-bond donors (Lipinski definition) is 2. The van der Waals surface area contributed by atoms with Crippen molar-refractivity contribution in [2.24, 2.45) is 10.4 Å². The zero-order chi connectivity index (χ0) is 18.5. The van der Waals surface area contributed by atoms with Crippen LogP contribution in [-0.4, -0.2) is 63.8 Å². The van der Waals surface area contributed by atoms with Crippen molar-refractivity contribution in [3.05, 3.63) is 0 Å². The molecule has 26 heavy (non-hydrogen) atoms. The van der Waals surface area contributed by atoms with Gasteiger partial charge in [0.1, 0.15) is 0 Å². The van der Waals surface area contributed by atoms with Crippen LogP contribution in [-0.2, 0) is 4.74 Å². The molecule has 0 amide bonds. The summed E-state index contributed by atoms with van der Waals surface area (Å²) in [5, 5.41) is 7.04. The Morgan fingerprint density at radius 2 is 1.88 bits per heavy atom. The zero-order valence-corrected chi connectivity index (χ0v) is 20.1. The lowest BCUT2D eigenvalue weighted by molar-refractivity contribution is 0.105. The molecule has 2 N–H and O–H groups in total. The molecular weight excluding hydrogens is 439 g/mol. The Balaban J connectivity index is 0.00000625. The average molecular weight is 482 g/mol. The molecule has 0 spiro atoms. The molecule has 1 rings (SSSR count). The van der Waals surface area contributed by atoms with Gasteiger partial charge in [-0.2, -0.15) is 0 Å².